The second kappa shape index (κ2) is 6.35. The minimum Gasteiger partial charge on any atom is -0.294 e. The van der Waals surface area contributed by atoms with Crippen LogP contribution in [0.2, 0.25) is 0 Å². The Bertz CT molecular complexity index is 1200. The van der Waals surface area contributed by atoms with Crippen LogP contribution in [0.1, 0.15) is 80.8 Å². The maximum absolute atomic E-state index is 4.13. The summed E-state index contributed by atoms with van der Waals surface area (Å²) in [5, 5.41) is 4.13. The molecule has 2 bridgehead atoms. The highest BCUT2D eigenvalue weighted by Crippen LogP contribution is 2.65. The van der Waals surface area contributed by atoms with E-state index in [4.69, 9.17) is 0 Å². The standard InChI is InChI=1S/C31H35N/c1-28(2,3)22-16-14-21(15-17-22)18-31-20-23(31)19-29(4)24-10-6-7-11-25(24)30(5,32-29)26-12-8-9-13-27(26)31/h6-17,23,32H,18-20H2,1-5H3. The summed E-state index contributed by atoms with van der Waals surface area (Å²) in [6.45, 7) is 11.7. The van der Waals surface area contributed by atoms with Gasteiger partial charge in [-0.05, 0) is 77.8 Å². The number of hydrogen-bond donors (Lipinski definition) is 1. The minimum absolute atomic E-state index is 0.0292. The van der Waals surface area contributed by atoms with Crippen LogP contribution in [0.3, 0.4) is 0 Å². The summed E-state index contributed by atoms with van der Waals surface area (Å²) in [7, 11) is 0. The largest absolute Gasteiger partial charge is 0.294 e. The fourth-order valence-electron chi connectivity index (χ4n) is 7.08. The lowest BCUT2D eigenvalue weighted by Crippen LogP contribution is -2.47. The summed E-state index contributed by atoms with van der Waals surface area (Å²) < 4.78 is 0. The lowest BCUT2D eigenvalue weighted by Gasteiger charge is -2.39. The highest BCUT2D eigenvalue weighted by Gasteiger charge is 2.62. The first-order valence-corrected chi connectivity index (χ1v) is 12.2. The Morgan fingerprint density at radius 2 is 1.31 bits per heavy atom. The fraction of sp³-hybridized carbons (Fsp3) is 0.419. The molecule has 0 saturated heterocycles. The van der Waals surface area contributed by atoms with Crippen LogP contribution in [0.25, 0.3) is 0 Å². The van der Waals surface area contributed by atoms with Crippen molar-refractivity contribution in [1.82, 2.24) is 5.32 Å². The molecule has 3 aliphatic rings. The van der Waals surface area contributed by atoms with Crippen molar-refractivity contribution < 1.29 is 0 Å². The summed E-state index contributed by atoms with van der Waals surface area (Å²) >= 11 is 0. The molecule has 32 heavy (non-hydrogen) atoms. The molecule has 1 N–H and O–H groups in total. The van der Waals surface area contributed by atoms with Crippen LogP contribution in [0.4, 0.5) is 0 Å². The third-order valence-corrected chi connectivity index (χ3v) is 8.81. The SMILES string of the molecule is CC(C)(C)c1ccc(CC23CC2CC2(C)NC(C)(c4ccccc42)c2ccccc23)cc1. The smallest absolute Gasteiger partial charge is 0.0674 e. The molecule has 1 aliphatic carbocycles. The van der Waals surface area contributed by atoms with Gasteiger partial charge in [0.25, 0.3) is 0 Å². The fourth-order valence-corrected chi connectivity index (χ4v) is 7.08. The van der Waals surface area contributed by atoms with E-state index in [1.807, 2.05) is 0 Å². The third kappa shape index (κ3) is 2.73. The summed E-state index contributed by atoms with van der Waals surface area (Å²) in [5.41, 5.74) is 9.24. The molecule has 1 nitrogen and oxygen atoms in total. The van der Waals surface area contributed by atoms with Crippen molar-refractivity contribution in [3.8, 4) is 0 Å². The van der Waals surface area contributed by atoms with Gasteiger partial charge in [0.2, 0.25) is 0 Å². The van der Waals surface area contributed by atoms with E-state index >= 15 is 0 Å². The first kappa shape index (κ1) is 20.2. The lowest BCUT2D eigenvalue weighted by atomic mass is 9.75. The minimum atomic E-state index is -0.140. The molecule has 0 radical (unpaired) electrons. The van der Waals surface area contributed by atoms with E-state index in [0.29, 0.717) is 5.92 Å². The average molecular weight is 422 g/mol. The third-order valence-electron chi connectivity index (χ3n) is 8.81. The predicted molar refractivity (Wildman–Crippen MR) is 133 cm³/mol. The molecule has 2 aliphatic heterocycles. The van der Waals surface area contributed by atoms with E-state index in [2.05, 4.69) is 113 Å². The lowest BCUT2D eigenvalue weighted by molar-refractivity contribution is 0.264. The molecule has 3 aromatic rings. The maximum atomic E-state index is 4.13. The van der Waals surface area contributed by atoms with E-state index in [-0.39, 0.29) is 21.9 Å². The van der Waals surface area contributed by atoms with E-state index < -0.39 is 0 Å². The molecular formula is C31H35N. The van der Waals surface area contributed by atoms with Crippen molar-refractivity contribution in [2.45, 2.75) is 75.8 Å². The maximum Gasteiger partial charge on any atom is 0.0674 e. The quantitative estimate of drug-likeness (QED) is 0.471. The first-order chi connectivity index (χ1) is 15.2. The second-order valence-electron chi connectivity index (χ2n) is 12.1. The molecule has 0 spiro atoms. The molecule has 1 heteroatoms. The Morgan fingerprint density at radius 3 is 1.94 bits per heavy atom. The molecule has 4 unspecified atom stereocenters. The van der Waals surface area contributed by atoms with Gasteiger partial charge in [-0.1, -0.05) is 93.6 Å². The van der Waals surface area contributed by atoms with E-state index in [9.17, 15) is 0 Å². The summed E-state index contributed by atoms with van der Waals surface area (Å²) in [6, 6.07) is 27.9. The highest BCUT2D eigenvalue weighted by molar-refractivity contribution is 5.57. The van der Waals surface area contributed by atoms with Gasteiger partial charge in [0.1, 0.15) is 0 Å². The number of benzene rings is 3. The monoisotopic (exact) mass is 421 g/mol. The molecule has 6 rings (SSSR count). The molecule has 3 aromatic carbocycles. The zero-order valence-corrected chi connectivity index (χ0v) is 20.1. The number of nitrogens with one attached hydrogen (secondary N) is 1. The van der Waals surface area contributed by atoms with Gasteiger partial charge in [0, 0.05) is 11.0 Å². The van der Waals surface area contributed by atoms with Crippen LogP contribution in [-0.2, 0) is 28.3 Å². The van der Waals surface area contributed by atoms with Gasteiger partial charge in [-0.3, -0.25) is 5.32 Å². The van der Waals surface area contributed by atoms with Gasteiger partial charge in [-0.15, -0.1) is 0 Å². The van der Waals surface area contributed by atoms with Crippen LogP contribution in [0.5, 0.6) is 0 Å². The first-order valence-electron chi connectivity index (χ1n) is 12.2. The van der Waals surface area contributed by atoms with Crippen molar-refractivity contribution >= 4 is 0 Å². The van der Waals surface area contributed by atoms with Gasteiger partial charge in [0.15, 0.2) is 0 Å². The average Bonchev–Trinajstić information content (AvgIpc) is 3.37. The number of rotatable bonds is 2. The summed E-state index contributed by atoms with van der Waals surface area (Å²) in [5.74, 6) is 0.708. The van der Waals surface area contributed by atoms with Crippen LogP contribution < -0.4 is 5.32 Å². The van der Waals surface area contributed by atoms with Crippen LogP contribution in [-0.4, -0.2) is 0 Å². The van der Waals surface area contributed by atoms with E-state index in [0.717, 1.165) is 6.42 Å². The normalized spacial score (nSPS) is 32.3. The zero-order valence-electron chi connectivity index (χ0n) is 20.1. The molecule has 4 atom stereocenters. The second-order valence-corrected chi connectivity index (χ2v) is 12.1. The zero-order chi connectivity index (χ0) is 22.4. The Labute approximate surface area is 193 Å². The topological polar surface area (TPSA) is 12.0 Å². The summed E-state index contributed by atoms with van der Waals surface area (Å²) in [4.78, 5) is 0. The number of fused-ring (bicyclic) bond motifs is 9. The Balaban J connectivity index is 1.47. The van der Waals surface area contributed by atoms with Crippen molar-refractivity contribution in [2.75, 3.05) is 0 Å². The highest BCUT2D eigenvalue weighted by atomic mass is 15.1. The van der Waals surface area contributed by atoms with Crippen molar-refractivity contribution in [2.24, 2.45) is 5.92 Å². The molecule has 0 amide bonds. The van der Waals surface area contributed by atoms with Crippen molar-refractivity contribution in [1.29, 1.82) is 0 Å². The number of hydrogen-bond acceptors (Lipinski definition) is 1. The van der Waals surface area contributed by atoms with E-state index in [1.165, 1.54) is 40.7 Å². The van der Waals surface area contributed by atoms with Gasteiger partial charge in [-0.25, -0.2) is 0 Å². The molecule has 164 valence electrons. The van der Waals surface area contributed by atoms with Crippen LogP contribution >= 0.6 is 0 Å². The Kier molecular flexibility index (Phi) is 4.02. The molecular weight excluding hydrogens is 386 g/mol. The Morgan fingerprint density at radius 1 is 0.750 bits per heavy atom. The van der Waals surface area contributed by atoms with Crippen molar-refractivity contribution in [3.63, 3.8) is 0 Å². The van der Waals surface area contributed by atoms with Gasteiger partial charge in [-0.2, -0.15) is 0 Å². The van der Waals surface area contributed by atoms with Gasteiger partial charge in [0.05, 0.1) is 5.54 Å². The molecule has 1 saturated carbocycles. The molecule has 1 fully saturated rings. The molecule has 2 heterocycles. The van der Waals surface area contributed by atoms with Gasteiger partial charge >= 0.3 is 0 Å². The summed E-state index contributed by atoms with van der Waals surface area (Å²) in [6.07, 6.45) is 3.64. The van der Waals surface area contributed by atoms with Crippen LogP contribution in [0.15, 0.2) is 72.8 Å². The van der Waals surface area contributed by atoms with Gasteiger partial charge < -0.3 is 0 Å². The molecule has 0 aromatic heterocycles. The predicted octanol–water partition coefficient (Wildman–Crippen LogP) is 6.97. The van der Waals surface area contributed by atoms with Crippen LogP contribution in [0, 0.1) is 5.92 Å². The Hall–Kier alpha value is -2.38. The van der Waals surface area contributed by atoms with E-state index in [1.54, 1.807) is 5.56 Å². The van der Waals surface area contributed by atoms with Crippen molar-refractivity contribution in [3.05, 3.63) is 106 Å².